The van der Waals surface area contributed by atoms with Crippen LogP contribution in [0.2, 0.25) is 0 Å². The van der Waals surface area contributed by atoms with Crippen LogP contribution < -0.4 is 5.48 Å². The molecule has 1 fully saturated rings. The molecule has 2 spiro atoms. The molecular weight excluding hydrogens is 823 g/mol. The monoisotopic (exact) mass is 827 g/mol. The Hall–Kier alpha value is -8.36. The van der Waals surface area contributed by atoms with Gasteiger partial charge in [0.15, 0.2) is 5.60 Å². The zero-order valence-electron chi connectivity index (χ0n) is 34.2. The van der Waals surface area contributed by atoms with Gasteiger partial charge in [-0.1, -0.05) is 6.08 Å². The molecule has 0 radical (unpaired) electrons. The molecule has 1 N–H and O–H groups in total. The van der Waals surface area contributed by atoms with Crippen molar-refractivity contribution in [1.82, 2.24) is 5.48 Å². The second kappa shape index (κ2) is 5.42. The van der Waals surface area contributed by atoms with Crippen molar-refractivity contribution in [2.45, 2.75) is 17.1 Å². The van der Waals surface area contributed by atoms with E-state index in [1.165, 1.54) is 16.7 Å². The van der Waals surface area contributed by atoms with Crippen LogP contribution in [0, 0.1) is 0 Å². The van der Waals surface area contributed by atoms with E-state index in [9.17, 15) is 0 Å². The Morgan fingerprint density at radius 2 is 0.485 bits per heavy atom. The molecule has 6 aliphatic rings. The van der Waals surface area contributed by atoms with Crippen LogP contribution in [-0.4, -0.2) is 6.04 Å². The molecule has 0 amide bonds. The fourth-order valence-electron chi connectivity index (χ4n) is 25.0. The van der Waals surface area contributed by atoms with E-state index >= 15 is 0 Å². The molecule has 1 unspecified atom stereocenters. The SMILES string of the molecule is C1=CC=CC=1C1NOC23c4c5c6c7c8c9c(c%10c%11c2c2c4c4c%12c5c5c6c6c8c8c%13c9c9c%10c%10c%11c%11c2c2c4c4c%12c%12c5c5c6c8c6c8c%13c9c9c%10c%10c%11c2c2c4c4c%12c5c6c5c8c9c%10c2c45)C713. The first-order chi connectivity index (χ1) is 33.9. The molecule has 0 saturated carbocycles. The molecule has 34 rings (SSSR count). The summed E-state index contributed by atoms with van der Waals surface area (Å²) >= 11 is 0. The van der Waals surface area contributed by atoms with Gasteiger partial charge in [0, 0.05) is 16.7 Å². The van der Waals surface area contributed by atoms with Crippen molar-refractivity contribution in [1.29, 1.82) is 0 Å². The van der Waals surface area contributed by atoms with Gasteiger partial charge in [-0.15, -0.1) is 5.73 Å². The van der Waals surface area contributed by atoms with Gasteiger partial charge in [0.05, 0.1) is 11.5 Å². The average Bonchev–Trinajstić information content (AvgIpc) is 4.19. The molecule has 0 aromatic heterocycles. The minimum Gasteiger partial charge on any atom is -0.283 e. The number of benzene rings is 18. The van der Waals surface area contributed by atoms with E-state index < -0.39 is 11.0 Å². The third-order valence-electron chi connectivity index (χ3n) is 25.0. The Morgan fingerprint density at radius 1 is 0.279 bits per heavy atom. The van der Waals surface area contributed by atoms with Gasteiger partial charge in [-0.05, 0) is 314 Å². The summed E-state index contributed by atoms with van der Waals surface area (Å²) < 4.78 is 0. The van der Waals surface area contributed by atoms with Gasteiger partial charge in [-0.25, -0.2) is 0 Å². The lowest BCUT2D eigenvalue weighted by molar-refractivity contribution is -0.0422. The molecule has 28 aromatic rings. The van der Waals surface area contributed by atoms with Crippen LogP contribution in [-0.2, 0) is 15.9 Å². The Morgan fingerprint density at radius 3 is 0.691 bits per heavy atom. The summed E-state index contributed by atoms with van der Waals surface area (Å²) in [4.78, 5) is 8.20. The maximum Gasteiger partial charge on any atom is 0.158 e. The van der Waals surface area contributed by atoms with Gasteiger partial charge in [-0.3, -0.25) is 4.84 Å². The topological polar surface area (TPSA) is 21.3 Å². The lowest BCUT2D eigenvalue weighted by Crippen LogP contribution is -2.54. The zero-order chi connectivity index (χ0) is 39.9. The fraction of sp³-hybridized carbons (Fsp3) is 0.0455. The Bertz CT molecular complexity index is 7130. The Balaban J connectivity index is 1.22. The summed E-state index contributed by atoms with van der Waals surface area (Å²) in [5.74, 6) is 0. The summed E-state index contributed by atoms with van der Waals surface area (Å²) in [6.07, 6.45) is 6.80. The summed E-state index contributed by atoms with van der Waals surface area (Å²) in [7, 11) is 0. The zero-order valence-corrected chi connectivity index (χ0v) is 34.2. The first-order valence-corrected chi connectivity index (χ1v) is 25.3. The van der Waals surface area contributed by atoms with Gasteiger partial charge < -0.3 is 0 Å². The molecule has 1 aliphatic heterocycles. The van der Waals surface area contributed by atoms with Crippen molar-refractivity contribution in [2.24, 2.45) is 0 Å². The fourth-order valence-corrected chi connectivity index (χ4v) is 25.0. The number of allylic oxidation sites excluding steroid dienone is 1. The van der Waals surface area contributed by atoms with Gasteiger partial charge in [-0.2, -0.15) is 5.48 Å². The quantitative estimate of drug-likeness (QED) is 0.131. The Kier molecular flexibility index (Phi) is 1.95. The van der Waals surface area contributed by atoms with Gasteiger partial charge in [0.1, 0.15) is 0 Å². The number of hydroxylamine groups is 1. The van der Waals surface area contributed by atoms with Crippen LogP contribution in [0.25, 0.3) is 291 Å². The molecule has 1 saturated heterocycles. The highest BCUT2D eigenvalue weighted by molar-refractivity contribution is 6.82. The van der Waals surface area contributed by atoms with E-state index in [2.05, 4.69) is 29.4 Å². The maximum absolute atomic E-state index is 8.20. The number of nitrogens with one attached hydrogen (secondary N) is 1. The van der Waals surface area contributed by atoms with Crippen molar-refractivity contribution < 1.29 is 4.84 Å². The van der Waals surface area contributed by atoms with Crippen LogP contribution in [0.4, 0.5) is 0 Å². The lowest BCUT2D eigenvalue weighted by atomic mass is 9.51. The number of hydrogen-bond acceptors (Lipinski definition) is 2. The van der Waals surface area contributed by atoms with Gasteiger partial charge in [0.25, 0.3) is 0 Å². The summed E-state index contributed by atoms with van der Waals surface area (Å²) in [5.41, 5.74) is 14.3. The minimum absolute atomic E-state index is 0.103. The molecule has 280 valence electrons. The predicted molar refractivity (Wildman–Crippen MR) is 283 cm³/mol. The normalized spacial score (nSPS) is 24.6. The predicted octanol–water partition coefficient (Wildman–Crippen LogP) is 16.8. The standard InChI is InChI=1S/C66H5NO/c1-2-4-5(3-1)64-65-60-52-44-34-24-16-8-6-7-10-14-12(8)20-28-22(14)32-26-18(10)19-11(7)15-13-9(6)17(16)25-31-21(13)29-23(15)33-27(19)37-36(26)48-42(32)50-40(28)46(38(44)30(20)24)54(60)56(50)62-58(48)59-49(37)43(33)51-41(29)47-39(31)45(35(25)34)53(52)61(65)55(47)57(51)63(59)66(62,65)68-67-64/h1-3,64,67H. The molecule has 1 heterocycles. The van der Waals surface area contributed by atoms with Crippen LogP contribution in [0.1, 0.15) is 22.3 Å². The highest BCUT2D eigenvalue weighted by atomic mass is 16.7. The van der Waals surface area contributed by atoms with E-state index in [-0.39, 0.29) is 6.04 Å². The molecule has 2 nitrogen and oxygen atoms in total. The third-order valence-corrected chi connectivity index (χ3v) is 25.0. The highest BCUT2D eigenvalue weighted by Gasteiger charge is 2.76. The smallest absolute Gasteiger partial charge is 0.158 e. The molecule has 68 heavy (non-hydrogen) atoms. The van der Waals surface area contributed by atoms with E-state index in [1.54, 1.807) is 302 Å². The lowest BCUT2D eigenvalue weighted by Gasteiger charge is -2.49. The Labute approximate surface area is 368 Å². The molecule has 2 heteroatoms. The van der Waals surface area contributed by atoms with Crippen LogP contribution in [0.3, 0.4) is 0 Å². The summed E-state index contributed by atoms with van der Waals surface area (Å²) in [5, 5.41) is 87.5. The third kappa shape index (κ3) is 1.23. The molecule has 1 atom stereocenters. The van der Waals surface area contributed by atoms with Crippen molar-refractivity contribution >= 4 is 291 Å². The van der Waals surface area contributed by atoms with E-state index in [0.717, 1.165) is 0 Å². The van der Waals surface area contributed by atoms with E-state index in [0.29, 0.717) is 0 Å². The molecule has 0 bridgehead atoms. The first-order valence-electron chi connectivity index (χ1n) is 25.3. The summed E-state index contributed by atoms with van der Waals surface area (Å²) in [6.45, 7) is 0. The molecule has 28 aromatic carbocycles. The molecular formula is C66H5NO. The average molecular weight is 828 g/mol. The van der Waals surface area contributed by atoms with Gasteiger partial charge >= 0.3 is 0 Å². The largest absolute Gasteiger partial charge is 0.283 e. The number of rotatable bonds is 1. The molecule has 5 aliphatic carbocycles. The maximum atomic E-state index is 8.20. The van der Waals surface area contributed by atoms with Crippen molar-refractivity contribution in [2.75, 3.05) is 0 Å². The van der Waals surface area contributed by atoms with E-state index in [1.807, 2.05) is 0 Å². The van der Waals surface area contributed by atoms with Gasteiger partial charge in [0.2, 0.25) is 0 Å². The van der Waals surface area contributed by atoms with Crippen molar-refractivity contribution in [3.63, 3.8) is 0 Å². The van der Waals surface area contributed by atoms with Crippen molar-refractivity contribution in [3.05, 3.63) is 51.8 Å². The van der Waals surface area contributed by atoms with Crippen molar-refractivity contribution in [3.8, 4) is 0 Å². The van der Waals surface area contributed by atoms with Crippen LogP contribution in [0.15, 0.2) is 29.5 Å². The highest BCUT2D eigenvalue weighted by Crippen LogP contribution is 2.85. The van der Waals surface area contributed by atoms with Crippen LogP contribution >= 0.6 is 0 Å². The second-order valence-corrected chi connectivity index (χ2v) is 25.0. The summed E-state index contributed by atoms with van der Waals surface area (Å²) in [6, 6.07) is -0.103. The van der Waals surface area contributed by atoms with E-state index in [4.69, 9.17) is 4.84 Å². The number of hydrogen-bond donors (Lipinski definition) is 1. The minimum atomic E-state index is -0.742. The second-order valence-electron chi connectivity index (χ2n) is 25.0. The van der Waals surface area contributed by atoms with Crippen LogP contribution in [0.5, 0.6) is 0 Å². The first kappa shape index (κ1) is 24.4.